The van der Waals surface area contributed by atoms with E-state index in [0.717, 1.165) is 24.7 Å². The number of amides is 2. The molecule has 1 aliphatic heterocycles. The summed E-state index contributed by atoms with van der Waals surface area (Å²) in [6.07, 6.45) is 3.80. The van der Waals surface area contributed by atoms with Crippen molar-refractivity contribution in [2.75, 3.05) is 25.4 Å². The second-order valence-electron chi connectivity index (χ2n) is 9.63. The molecule has 1 fully saturated rings. The van der Waals surface area contributed by atoms with Gasteiger partial charge in [-0.3, -0.25) is 4.79 Å². The number of rotatable bonds is 8. The third-order valence-corrected chi connectivity index (χ3v) is 6.52. The minimum Gasteiger partial charge on any atom is -0.493 e. The highest BCUT2D eigenvalue weighted by Gasteiger charge is 2.24. The minimum atomic E-state index is -3.70. The van der Waals surface area contributed by atoms with Crippen molar-refractivity contribution in [1.82, 2.24) is 30.0 Å². The van der Waals surface area contributed by atoms with E-state index in [1.54, 1.807) is 10.2 Å². The highest BCUT2D eigenvalue weighted by Crippen LogP contribution is 2.37. The van der Waals surface area contributed by atoms with Gasteiger partial charge in [0.1, 0.15) is 29.8 Å². The number of hydrogen-bond donors (Lipinski definition) is 2. The highest BCUT2D eigenvalue weighted by molar-refractivity contribution is 5.93. The Bertz CT molecular complexity index is 2080. The lowest BCUT2D eigenvalue weighted by molar-refractivity contribution is -0.127. The van der Waals surface area contributed by atoms with Crippen molar-refractivity contribution in [2.24, 2.45) is 0 Å². The number of fused-ring (bicyclic) bond motifs is 1. The zero-order chi connectivity index (χ0) is 41.4. The summed E-state index contributed by atoms with van der Waals surface area (Å²) in [7, 11) is -2.83. The number of anilines is 2. The van der Waals surface area contributed by atoms with Crippen molar-refractivity contribution in [2.45, 2.75) is 45.0 Å². The molecule has 2 aromatic heterocycles. The third kappa shape index (κ3) is 7.05. The smallest absolute Gasteiger partial charge is 0.342 e. The summed E-state index contributed by atoms with van der Waals surface area (Å²) < 4.78 is 125. The van der Waals surface area contributed by atoms with E-state index in [1.165, 1.54) is 30.3 Å². The van der Waals surface area contributed by atoms with Gasteiger partial charge < -0.3 is 29.7 Å². The molecule has 12 nitrogen and oxygen atoms in total. The first-order valence-electron chi connectivity index (χ1n) is 19.1. The lowest BCUT2D eigenvalue weighted by atomic mass is 10.1. The SMILES string of the molecule is [2H]C([2H])([2H])Oc1cc2ncnc(Nc3ccc(Oc4ccn(C(=O)NC(C([2H])([2H])[2H])(C([2H])([2H])[2H])C([2H])([2H])[2H])n4)cc3F)c2cc1OC1CCN(C(=O)C=C)CC1. The predicted octanol–water partition coefficient (Wildman–Crippen LogP) is 5.42. The van der Waals surface area contributed by atoms with Gasteiger partial charge in [0.05, 0.1) is 22.4 Å². The van der Waals surface area contributed by atoms with Gasteiger partial charge in [-0.05, 0) is 44.8 Å². The van der Waals surface area contributed by atoms with Gasteiger partial charge in [-0.1, -0.05) is 6.58 Å². The topological polar surface area (TPSA) is 133 Å². The molecule has 0 spiro atoms. The van der Waals surface area contributed by atoms with Crippen LogP contribution in [0.2, 0.25) is 0 Å². The van der Waals surface area contributed by atoms with Crippen molar-refractivity contribution in [1.29, 1.82) is 0 Å². The Labute approximate surface area is 270 Å². The Balaban J connectivity index is 1.35. The summed E-state index contributed by atoms with van der Waals surface area (Å²) in [4.78, 5) is 35.0. The number of nitrogens with zero attached hydrogens (tertiary/aromatic N) is 5. The fourth-order valence-corrected chi connectivity index (χ4v) is 4.44. The van der Waals surface area contributed by atoms with Gasteiger partial charge in [0, 0.05) is 73.6 Å². The highest BCUT2D eigenvalue weighted by atomic mass is 19.1. The van der Waals surface area contributed by atoms with Crippen molar-refractivity contribution in [3.63, 3.8) is 0 Å². The van der Waals surface area contributed by atoms with Crippen LogP contribution in [0.3, 0.4) is 0 Å². The third-order valence-electron chi connectivity index (χ3n) is 6.52. The first kappa shape index (κ1) is 18.5. The molecule has 2 aromatic carbocycles. The zero-order valence-corrected chi connectivity index (χ0v) is 23.0. The molecule has 2 N–H and O–H groups in total. The molecule has 4 aromatic rings. The lowest BCUT2D eigenvalue weighted by Gasteiger charge is -2.31. The Hall–Kier alpha value is -5.20. The summed E-state index contributed by atoms with van der Waals surface area (Å²) >= 11 is 0. The minimum absolute atomic E-state index is 0.0539. The molecule has 0 unspecified atom stereocenters. The Morgan fingerprint density at radius 2 is 1.95 bits per heavy atom. The molecule has 0 aliphatic carbocycles. The predicted molar refractivity (Wildman–Crippen MR) is 162 cm³/mol. The van der Waals surface area contributed by atoms with Crippen LogP contribution in [0.4, 0.5) is 20.7 Å². The number of methoxy groups -OCH3 is 1. The van der Waals surface area contributed by atoms with Crippen LogP contribution in [-0.2, 0) is 4.79 Å². The van der Waals surface area contributed by atoms with Gasteiger partial charge in [-0.15, -0.1) is 5.10 Å². The molecule has 0 radical (unpaired) electrons. The maximum Gasteiger partial charge on any atom is 0.342 e. The monoisotopic (exact) mass is 615 g/mol. The zero-order valence-electron chi connectivity index (χ0n) is 35.0. The quantitative estimate of drug-likeness (QED) is 0.249. The number of ether oxygens (including phenoxy) is 3. The normalized spacial score (nSPS) is 19.0. The summed E-state index contributed by atoms with van der Waals surface area (Å²) in [5, 5.41) is 8.57. The number of nitrogens with one attached hydrogen (secondary N) is 2. The summed E-state index contributed by atoms with van der Waals surface area (Å²) in [6.45, 7) is -6.82. The molecular weight excluding hydrogens is 569 g/mol. The maximum absolute atomic E-state index is 15.5. The van der Waals surface area contributed by atoms with Crippen LogP contribution in [0.1, 0.15) is 49.8 Å². The number of aromatic nitrogens is 4. The van der Waals surface area contributed by atoms with E-state index < -0.39 is 51.1 Å². The van der Waals surface area contributed by atoms with E-state index in [2.05, 4.69) is 27.0 Å². The second-order valence-corrected chi connectivity index (χ2v) is 9.63. The summed E-state index contributed by atoms with van der Waals surface area (Å²) in [5.41, 5.74) is -3.51. The summed E-state index contributed by atoms with van der Waals surface area (Å²) in [6, 6.07) is 5.96. The van der Waals surface area contributed by atoms with Crippen LogP contribution in [0.15, 0.2) is 61.6 Å². The molecule has 5 rings (SSSR count). The van der Waals surface area contributed by atoms with Gasteiger partial charge in [-0.2, -0.15) is 4.68 Å². The van der Waals surface area contributed by atoms with Crippen LogP contribution >= 0.6 is 0 Å². The number of hydrogen-bond acceptors (Lipinski definition) is 9. The molecule has 2 amide bonds. The van der Waals surface area contributed by atoms with E-state index in [4.69, 9.17) is 30.7 Å². The molecule has 13 heteroatoms. The number of halogens is 1. The Kier molecular flexibility index (Phi) is 5.28. The molecule has 1 saturated heterocycles. The van der Waals surface area contributed by atoms with Crippen molar-refractivity contribution >= 4 is 34.3 Å². The molecule has 230 valence electrons. The van der Waals surface area contributed by atoms with Gasteiger partial charge in [0.15, 0.2) is 11.5 Å². The first-order valence-corrected chi connectivity index (χ1v) is 13.1. The average Bonchev–Trinajstić information content (AvgIpc) is 3.55. The molecule has 0 atom stereocenters. The maximum atomic E-state index is 15.5. The van der Waals surface area contributed by atoms with Gasteiger partial charge in [0.25, 0.3) is 0 Å². The number of carbonyl (C=O) groups excluding carboxylic acids is 2. The van der Waals surface area contributed by atoms with Crippen LogP contribution in [0.25, 0.3) is 10.9 Å². The largest absolute Gasteiger partial charge is 0.493 e. The van der Waals surface area contributed by atoms with Gasteiger partial charge >= 0.3 is 6.03 Å². The molecule has 1 aliphatic rings. The fourth-order valence-electron chi connectivity index (χ4n) is 4.44. The van der Waals surface area contributed by atoms with Crippen molar-refractivity contribution in [3.05, 3.63) is 67.4 Å². The van der Waals surface area contributed by atoms with Crippen molar-refractivity contribution < 1.29 is 44.6 Å². The molecule has 44 heavy (non-hydrogen) atoms. The molecular formula is C31H34FN7O5. The average molecular weight is 616 g/mol. The van der Waals surface area contributed by atoms with Gasteiger partial charge in [0.2, 0.25) is 11.8 Å². The van der Waals surface area contributed by atoms with Crippen molar-refractivity contribution in [3.8, 4) is 23.1 Å². The van der Waals surface area contributed by atoms with Crippen LogP contribution in [-0.4, -0.2) is 68.4 Å². The van der Waals surface area contributed by atoms with Crippen LogP contribution in [0.5, 0.6) is 23.1 Å². The first-order chi connectivity index (χ1) is 25.9. The number of carbonyl (C=O) groups is 2. The number of benzene rings is 2. The molecule has 0 saturated carbocycles. The second kappa shape index (κ2) is 12.6. The van der Waals surface area contributed by atoms with E-state index in [1.807, 2.05) is 0 Å². The van der Waals surface area contributed by atoms with Crippen LogP contribution in [0, 0.1) is 5.82 Å². The standard InChI is InChI=1S/C31H34FN7O5/c1-6-28(40)38-12-9-19(10-13-38)43-26-16-21-24(17-25(26)42-5)33-18-34-29(21)35-23-8-7-20(15-22(23)32)44-27-11-14-39(37-27)30(41)36-31(2,3)4/h6-8,11,14-19H,1,9-10,12-13H2,2-5H3,(H,36,41)(H,33,34,35)/i2D3,3D3,4D3,5D3. The van der Waals surface area contributed by atoms with E-state index in [9.17, 15) is 9.59 Å². The lowest BCUT2D eigenvalue weighted by Crippen LogP contribution is -2.43. The number of piperidine rings is 1. The fraction of sp³-hybridized carbons (Fsp3) is 0.323. The Morgan fingerprint density at radius 3 is 2.68 bits per heavy atom. The van der Waals surface area contributed by atoms with E-state index in [-0.39, 0.29) is 46.1 Å². The Morgan fingerprint density at radius 1 is 1.14 bits per heavy atom. The molecule has 0 bridgehead atoms. The van der Waals surface area contributed by atoms with Gasteiger partial charge in [-0.25, -0.2) is 19.2 Å². The number of likely N-dealkylation sites (tertiary alicyclic amines) is 1. The van der Waals surface area contributed by atoms with E-state index in [0.29, 0.717) is 36.0 Å². The van der Waals surface area contributed by atoms with E-state index >= 15 is 4.39 Å². The summed E-state index contributed by atoms with van der Waals surface area (Å²) in [5.74, 6) is -1.50. The van der Waals surface area contributed by atoms with Crippen LogP contribution < -0.4 is 24.8 Å². The molecule has 3 heterocycles.